The zero-order valence-corrected chi connectivity index (χ0v) is 20.8. The number of halogens is 1. The fourth-order valence-electron chi connectivity index (χ4n) is 4.11. The van der Waals surface area contributed by atoms with Crippen molar-refractivity contribution in [3.63, 3.8) is 0 Å². The highest BCUT2D eigenvalue weighted by Crippen LogP contribution is 2.38. The Morgan fingerprint density at radius 2 is 1.85 bits per heavy atom. The quantitative estimate of drug-likeness (QED) is 0.257. The van der Waals surface area contributed by atoms with Crippen molar-refractivity contribution in [2.45, 2.75) is 38.0 Å². The Morgan fingerprint density at radius 1 is 1.12 bits per heavy atom. The maximum Gasteiger partial charge on any atom is 0.263 e. The average molecular weight is 504 g/mol. The van der Waals surface area contributed by atoms with Gasteiger partial charge in [0, 0.05) is 0 Å². The van der Waals surface area contributed by atoms with Crippen LogP contribution in [0.15, 0.2) is 41.3 Å². The van der Waals surface area contributed by atoms with Crippen LogP contribution in [0.5, 0.6) is 17.2 Å². The predicted octanol–water partition coefficient (Wildman–Crippen LogP) is 6.34. The van der Waals surface area contributed by atoms with E-state index < -0.39 is 0 Å². The summed E-state index contributed by atoms with van der Waals surface area (Å²) in [5, 5.41) is 2.99. The Bertz CT molecular complexity index is 1050. The Balaban J connectivity index is 1.33. The molecule has 0 radical (unpaired) electrons. The molecule has 1 amide bonds. The Labute approximate surface area is 208 Å². The van der Waals surface area contributed by atoms with Crippen LogP contribution >= 0.6 is 35.6 Å². The number of ether oxygens (including phenoxy) is 3. The van der Waals surface area contributed by atoms with Crippen molar-refractivity contribution in [3.8, 4) is 17.2 Å². The van der Waals surface area contributed by atoms with Gasteiger partial charge in [-0.2, -0.15) is 0 Å². The van der Waals surface area contributed by atoms with Crippen LogP contribution < -0.4 is 19.5 Å². The van der Waals surface area contributed by atoms with Gasteiger partial charge in [0.2, 0.25) is 0 Å². The molecule has 0 aromatic heterocycles. The van der Waals surface area contributed by atoms with Crippen LogP contribution in [0.3, 0.4) is 0 Å². The Kier molecular flexibility index (Phi) is 8.17. The third-order valence-corrected chi connectivity index (χ3v) is 7.19. The van der Waals surface area contributed by atoms with Crippen LogP contribution in [0.1, 0.15) is 49.1 Å². The molecule has 1 saturated carbocycles. The van der Waals surface area contributed by atoms with Gasteiger partial charge in [-0.25, -0.2) is 0 Å². The molecule has 2 fully saturated rings. The van der Waals surface area contributed by atoms with Crippen LogP contribution in [-0.4, -0.2) is 30.6 Å². The lowest BCUT2D eigenvalue weighted by Gasteiger charge is -2.22. The van der Waals surface area contributed by atoms with Gasteiger partial charge in [0.15, 0.2) is 11.5 Å². The van der Waals surface area contributed by atoms with Crippen LogP contribution in [0.4, 0.5) is 0 Å². The number of nitrogens with one attached hydrogen (secondary N) is 1. The van der Waals surface area contributed by atoms with Gasteiger partial charge in [-0.15, -0.1) is 0 Å². The number of benzene rings is 2. The SMILES string of the molecule is COc1cc(C=C2SC(=S)NC2=O)cc(Cl)c1OCCOc1ccc(C2CCCCC2)cc1. The molecule has 1 saturated heterocycles. The minimum atomic E-state index is -0.218. The molecule has 2 aliphatic rings. The first-order valence-electron chi connectivity index (χ1n) is 11.0. The normalized spacial score (nSPS) is 17.8. The summed E-state index contributed by atoms with van der Waals surface area (Å²) in [4.78, 5) is 12.4. The summed E-state index contributed by atoms with van der Waals surface area (Å²) in [5.74, 6) is 2.21. The van der Waals surface area contributed by atoms with E-state index in [9.17, 15) is 4.79 Å². The molecule has 1 N–H and O–H groups in total. The van der Waals surface area contributed by atoms with Gasteiger partial charge in [0.25, 0.3) is 5.91 Å². The van der Waals surface area contributed by atoms with Gasteiger partial charge in [-0.1, -0.05) is 67.0 Å². The second kappa shape index (κ2) is 11.3. The number of thiocarbonyl (C=S) groups is 1. The number of methoxy groups -OCH3 is 1. The van der Waals surface area contributed by atoms with E-state index in [1.165, 1.54) is 49.4 Å². The highest BCUT2D eigenvalue weighted by Gasteiger charge is 2.22. The Morgan fingerprint density at radius 3 is 2.52 bits per heavy atom. The summed E-state index contributed by atoms with van der Waals surface area (Å²) in [6.45, 7) is 0.690. The molecule has 2 aromatic rings. The molecule has 1 aliphatic carbocycles. The molecule has 0 bridgehead atoms. The predicted molar refractivity (Wildman–Crippen MR) is 138 cm³/mol. The molecule has 2 aromatic carbocycles. The lowest BCUT2D eigenvalue weighted by molar-refractivity contribution is -0.115. The molecular formula is C25H26ClNO4S2. The number of carbonyl (C=O) groups excluding carboxylic acids is 1. The number of hydrogen-bond donors (Lipinski definition) is 1. The largest absolute Gasteiger partial charge is 0.493 e. The van der Waals surface area contributed by atoms with E-state index in [2.05, 4.69) is 17.4 Å². The minimum absolute atomic E-state index is 0.218. The third kappa shape index (κ3) is 6.22. The van der Waals surface area contributed by atoms with E-state index in [0.29, 0.717) is 44.9 Å². The van der Waals surface area contributed by atoms with Crippen molar-refractivity contribution in [1.82, 2.24) is 5.32 Å². The van der Waals surface area contributed by atoms with Crippen LogP contribution in [-0.2, 0) is 4.79 Å². The minimum Gasteiger partial charge on any atom is -0.493 e. The Hall–Kier alpha value is -2.22. The first kappa shape index (κ1) is 23.9. The molecule has 174 valence electrons. The van der Waals surface area contributed by atoms with E-state index >= 15 is 0 Å². The van der Waals surface area contributed by atoms with Crippen molar-refractivity contribution >= 4 is 51.9 Å². The zero-order valence-electron chi connectivity index (χ0n) is 18.4. The van der Waals surface area contributed by atoms with Gasteiger partial charge >= 0.3 is 0 Å². The van der Waals surface area contributed by atoms with Gasteiger partial charge in [0.1, 0.15) is 23.3 Å². The summed E-state index contributed by atoms with van der Waals surface area (Å²) in [7, 11) is 1.55. The van der Waals surface area contributed by atoms with Gasteiger partial charge < -0.3 is 19.5 Å². The van der Waals surface area contributed by atoms with E-state index in [0.717, 1.165) is 11.3 Å². The number of hydrogen-bond acceptors (Lipinski definition) is 6. The molecule has 0 atom stereocenters. The standard InChI is InChI=1S/C25H26ClNO4S2/c1-29-21-14-16(15-22-24(28)27-25(32)33-22)13-20(26)23(21)31-12-11-30-19-9-7-18(8-10-19)17-5-3-2-4-6-17/h7-10,13-15,17H,2-6,11-12H2,1H3,(H,27,28,32). The van der Waals surface area contributed by atoms with Gasteiger partial charge in [0.05, 0.1) is 17.0 Å². The molecule has 5 nitrogen and oxygen atoms in total. The highest BCUT2D eigenvalue weighted by atomic mass is 35.5. The van der Waals surface area contributed by atoms with Crippen molar-refractivity contribution < 1.29 is 19.0 Å². The molecule has 8 heteroatoms. The first-order valence-corrected chi connectivity index (χ1v) is 12.6. The van der Waals surface area contributed by atoms with Crippen molar-refractivity contribution in [2.24, 2.45) is 0 Å². The smallest absolute Gasteiger partial charge is 0.263 e. The molecule has 1 aliphatic heterocycles. The second-order valence-corrected chi connectivity index (χ2v) is 10.1. The highest BCUT2D eigenvalue weighted by molar-refractivity contribution is 8.26. The van der Waals surface area contributed by atoms with E-state index in [1.54, 1.807) is 25.3 Å². The molecule has 0 spiro atoms. The summed E-state index contributed by atoms with van der Waals surface area (Å²) in [5.41, 5.74) is 2.13. The third-order valence-electron chi connectivity index (χ3n) is 5.75. The molecular weight excluding hydrogens is 478 g/mol. The number of carbonyl (C=O) groups is 1. The zero-order chi connectivity index (χ0) is 23.2. The van der Waals surface area contributed by atoms with Crippen LogP contribution in [0, 0.1) is 0 Å². The van der Waals surface area contributed by atoms with E-state index in [-0.39, 0.29) is 5.91 Å². The van der Waals surface area contributed by atoms with E-state index in [1.807, 2.05) is 12.1 Å². The fraction of sp³-hybridized carbons (Fsp3) is 0.360. The lowest BCUT2D eigenvalue weighted by Crippen LogP contribution is -2.17. The lowest BCUT2D eigenvalue weighted by atomic mass is 9.84. The van der Waals surface area contributed by atoms with Crippen LogP contribution in [0.2, 0.25) is 5.02 Å². The van der Waals surface area contributed by atoms with Crippen molar-refractivity contribution in [3.05, 3.63) is 57.5 Å². The molecule has 4 rings (SSSR count). The molecule has 1 heterocycles. The van der Waals surface area contributed by atoms with Crippen molar-refractivity contribution in [1.29, 1.82) is 0 Å². The summed E-state index contributed by atoms with van der Waals surface area (Å²) in [6, 6.07) is 11.9. The first-order chi connectivity index (χ1) is 16.0. The fourth-order valence-corrected chi connectivity index (χ4v) is 5.43. The van der Waals surface area contributed by atoms with Crippen LogP contribution in [0.25, 0.3) is 6.08 Å². The number of thioether (sulfide) groups is 1. The topological polar surface area (TPSA) is 56.8 Å². The summed E-state index contributed by atoms with van der Waals surface area (Å²) >= 11 is 12.7. The number of rotatable bonds is 8. The van der Waals surface area contributed by atoms with Crippen molar-refractivity contribution in [2.75, 3.05) is 20.3 Å². The molecule has 33 heavy (non-hydrogen) atoms. The monoisotopic (exact) mass is 503 g/mol. The van der Waals surface area contributed by atoms with Gasteiger partial charge in [-0.05, 0) is 60.2 Å². The second-order valence-electron chi connectivity index (χ2n) is 7.99. The maximum atomic E-state index is 11.9. The maximum absolute atomic E-state index is 11.9. The number of amides is 1. The summed E-state index contributed by atoms with van der Waals surface area (Å²) < 4.78 is 17.6. The molecule has 0 unspecified atom stereocenters. The van der Waals surface area contributed by atoms with Gasteiger partial charge in [-0.3, -0.25) is 4.79 Å². The average Bonchev–Trinajstić information content (AvgIpc) is 3.14. The summed E-state index contributed by atoms with van der Waals surface area (Å²) in [6.07, 6.45) is 8.30. The van der Waals surface area contributed by atoms with E-state index in [4.69, 9.17) is 38.0 Å².